The standard InChI is InChI=1S/C20H32N4O3/c1-3-21-20(26)24-12-10-23(11-13-24)18(16-7-4-5-8-16)19(25)22(2)15-17-9-6-14-27-17/h6,9,14,16,18H,3-5,7-8,10-13,15H2,1-2H3,(H,21,26). The second-order valence-corrected chi connectivity index (χ2v) is 7.62. The Kier molecular flexibility index (Phi) is 6.77. The summed E-state index contributed by atoms with van der Waals surface area (Å²) in [5.41, 5.74) is 0. The van der Waals surface area contributed by atoms with Gasteiger partial charge in [-0.2, -0.15) is 0 Å². The van der Waals surface area contributed by atoms with Crippen molar-refractivity contribution in [2.45, 2.75) is 45.2 Å². The molecule has 2 aliphatic rings. The summed E-state index contributed by atoms with van der Waals surface area (Å²) >= 11 is 0. The number of urea groups is 1. The van der Waals surface area contributed by atoms with Gasteiger partial charge in [-0.25, -0.2) is 4.79 Å². The molecule has 1 aromatic heterocycles. The Morgan fingerprint density at radius 1 is 1.26 bits per heavy atom. The van der Waals surface area contributed by atoms with Gasteiger partial charge in [0.1, 0.15) is 5.76 Å². The first-order chi connectivity index (χ1) is 13.1. The summed E-state index contributed by atoms with van der Waals surface area (Å²) in [5, 5.41) is 2.86. The molecule has 7 heteroatoms. The first-order valence-corrected chi connectivity index (χ1v) is 10.1. The number of furan rings is 1. The number of nitrogens with one attached hydrogen (secondary N) is 1. The molecule has 150 valence electrons. The van der Waals surface area contributed by atoms with E-state index in [-0.39, 0.29) is 18.0 Å². The van der Waals surface area contributed by atoms with Crippen LogP contribution < -0.4 is 5.32 Å². The van der Waals surface area contributed by atoms with Crippen LogP contribution in [0.25, 0.3) is 0 Å². The zero-order valence-electron chi connectivity index (χ0n) is 16.5. The van der Waals surface area contributed by atoms with Crippen molar-refractivity contribution in [3.63, 3.8) is 0 Å². The SMILES string of the molecule is CCNC(=O)N1CCN(C(C(=O)N(C)Cc2ccco2)C2CCCC2)CC1. The van der Waals surface area contributed by atoms with Gasteiger partial charge in [-0.15, -0.1) is 0 Å². The zero-order valence-corrected chi connectivity index (χ0v) is 16.5. The minimum atomic E-state index is -0.0937. The number of carbonyl (C=O) groups is 2. The third kappa shape index (κ3) is 4.83. The van der Waals surface area contributed by atoms with Crippen LogP contribution in [0.2, 0.25) is 0 Å². The summed E-state index contributed by atoms with van der Waals surface area (Å²) in [4.78, 5) is 31.3. The summed E-state index contributed by atoms with van der Waals surface area (Å²) in [6.45, 7) is 5.90. The van der Waals surface area contributed by atoms with Crippen molar-refractivity contribution in [1.29, 1.82) is 0 Å². The van der Waals surface area contributed by atoms with E-state index in [1.807, 2.05) is 31.0 Å². The summed E-state index contributed by atoms with van der Waals surface area (Å²) in [5.74, 6) is 1.38. The van der Waals surface area contributed by atoms with Gasteiger partial charge in [-0.3, -0.25) is 9.69 Å². The molecule has 7 nitrogen and oxygen atoms in total. The maximum Gasteiger partial charge on any atom is 0.317 e. The highest BCUT2D eigenvalue weighted by molar-refractivity contribution is 5.82. The molecule has 1 aliphatic heterocycles. The average Bonchev–Trinajstić information content (AvgIpc) is 3.37. The third-order valence-electron chi connectivity index (χ3n) is 5.77. The van der Waals surface area contributed by atoms with E-state index in [0.717, 1.165) is 31.7 Å². The van der Waals surface area contributed by atoms with Crippen LogP contribution in [0.1, 0.15) is 38.4 Å². The van der Waals surface area contributed by atoms with Crippen molar-refractivity contribution in [1.82, 2.24) is 20.0 Å². The number of nitrogens with zero attached hydrogens (tertiary/aromatic N) is 3. The highest BCUT2D eigenvalue weighted by atomic mass is 16.3. The quantitative estimate of drug-likeness (QED) is 0.826. The normalized spacial score (nSPS) is 19.9. The zero-order chi connectivity index (χ0) is 19.2. The van der Waals surface area contributed by atoms with E-state index in [9.17, 15) is 9.59 Å². The Morgan fingerprint density at radius 2 is 1.96 bits per heavy atom. The van der Waals surface area contributed by atoms with E-state index < -0.39 is 0 Å². The van der Waals surface area contributed by atoms with Gasteiger partial charge in [0, 0.05) is 39.8 Å². The average molecular weight is 377 g/mol. The van der Waals surface area contributed by atoms with Gasteiger partial charge < -0.3 is 19.5 Å². The molecule has 27 heavy (non-hydrogen) atoms. The molecule has 1 saturated heterocycles. The van der Waals surface area contributed by atoms with Gasteiger partial charge in [-0.05, 0) is 37.8 Å². The van der Waals surface area contributed by atoms with E-state index in [1.165, 1.54) is 12.8 Å². The summed E-state index contributed by atoms with van der Waals surface area (Å²) in [6, 6.07) is 3.65. The Morgan fingerprint density at radius 3 is 2.56 bits per heavy atom. The monoisotopic (exact) mass is 376 g/mol. The topological polar surface area (TPSA) is 69.0 Å². The Hall–Kier alpha value is -2.02. The predicted molar refractivity (Wildman–Crippen MR) is 103 cm³/mol. The highest BCUT2D eigenvalue weighted by Gasteiger charge is 2.38. The lowest BCUT2D eigenvalue weighted by Gasteiger charge is -2.41. The van der Waals surface area contributed by atoms with Crippen LogP contribution in [0.3, 0.4) is 0 Å². The van der Waals surface area contributed by atoms with Crippen molar-refractivity contribution in [2.75, 3.05) is 39.8 Å². The van der Waals surface area contributed by atoms with Gasteiger partial charge in [0.05, 0.1) is 18.8 Å². The molecule has 1 aliphatic carbocycles. The second-order valence-electron chi connectivity index (χ2n) is 7.62. The van der Waals surface area contributed by atoms with E-state index in [2.05, 4.69) is 10.2 Å². The molecule has 1 unspecified atom stereocenters. The minimum absolute atomic E-state index is 0.00386. The lowest BCUT2D eigenvalue weighted by molar-refractivity contribution is -0.139. The minimum Gasteiger partial charge on any atom is -0.467 e. The second kappa shape index (κ2) is 9.26. The smallest absolute Gasteiger partial charge is 0.317 e. The number of hydrogen-bond donors (Lipinski definition) is 1. The van der Waals surface area contributed by atoms with E-state index in [4.69, 9.17) is 4.42 Å². The molecule has 2 fully saturated rings. The maximum atomic E-state index is 13.3. The molecule has 1 aromatic rings. The van der Waals surface area contributed by atoms with E-state index in [1.54, 1.807) is 11.2 Å². The number of piperazine rings is 1. The fourth-order valence-corrected chi connectivity index (χ4v) is 4.34. The van der Waals surface area contributed by atoms with Gasteiger partial charge in [0.25, 0.3) is 0 Å². The van der Waals surface area contributed by atoms with Crippen molar-refractivity contribution in [3.8, 4) is 0 Å². The van der Waals surface area contributed by atoms with Crippen LogP contribution in [0.15, 0.2) is 22.8 Å². The van der Waals surface area contributed by atoms with Crippen LogP contribution in [0, 0.1) is 5.92 Å². The molecule has 0 radical (unpaired) electrons. The number of carbonyl (C=O) groups excluding carboxylic acids is 2. The number of hydrogen-bond acceptors (Lipinski definition) is 4. The van der Waals surface area contributed by atoms with Crippen molar-refractivity contribution in [2.24, 2.45) is 5.92 Å². The summed E-state index contributed by atoms with van der Waals surface area (Å²) in [7, 11) is 1.86. The molecule has 3 amide bonds. The molecule has 3 rings (SSSR count). The molecular weight excluding hydrogens is 344 g/mol. The molecule has 2 heterocycles. The third-order valence-corrected chi connectivity index (χ3v) is 5.77. The fourth-order valence-electron chi connectivity index (χ4n) is 4.34. The summed E-state index contributed by atoms with van der Waals surface area (Å²) < 4.78 is 5.41. The maximum absolute atomic E-state index is 13.3. The number of likely N-dealkylation sites (N-methyl/N-ethyl adjacent to an activating group) is 1. The fraction of sp³-hybridized carbons (Fsp3) is 0.700. The molecule has 1 N–H and O–H groups in total. The van der Waals surface area contributed by atoms with Crippen LogP contribution in [-0.2, 0) is 11.3 Å². The van der Waals surface area contributed by atoms with Gasteiger partial charge in [0.15, 0.2) is 0 Å². The summed E-state index contributed by atoms with van der Waals surface area (Å²) in [6.07, 6.45) is 6.27. The Balaban J connectivity index is 1.65. The van der Waals surface area contributed by atoms with Crippen LogP contribution in [0.5, 0.6) is 0 Å². The number of amides is 3. The number of rotatable bonds is 6. The first-order valence-electron chi connectivity index (χ1n) is 10.1. The largest absolute Gasteiger partial charge is 0.467 e. The predicted octanol–water partition coefficient (Wildman–Crippen LogP) is 2.14. The van der Waals surface area contributed by atoms with E-state index in [0.29, 0.717) is 32.1 Å². The van der Waals surface area contributed by atoms with Gasteiger partial charge in [0.2, 0.25) is 5.91 Å². The highest BCUT2D eigenvalue weighted by Crippen LogP contribution is 2.32. The van der Waals surface area contributed by atoms with Gasteiger partial charge in [-0.1, -0.05) is 12.8 Å². The Labute approximate surface area is 161 Å². The van der Waals surface area contributed by atoms with Crippen molar-refractivity contribution in [3.05, 3.63) is 24.2 Å². The first kappa shape index (κ1) is 19.7. The Bertz CT molecular complexity index is 605. The van der Waals surface area contributed by atoms with E-state index >= 15 is 0 Å². The molecule has 0 aromatic carbocycles. The van der Waals surface area contributed by atoms with Crippen LogP contribution in [0.4, 0.5) is 4.79 Å². The molecule has 0 bridgehead atoms. The lowest BCUT2D eigenvalue weighted by Crippen LogP contribution is -2.59. The van der Waals surface area contributed by atoms with Gasteiger partial charge >= 0.3 is 6.03 Å². The lowest BCUT2D eigenvalue weighted by atomic mass is 9.94. The van der Waals surface area contributed by atoms with Crippen molar-refractivity contribution < 1.29 is 14.0 Å². The molecule has 1 saturated carbocycles. The van der Waals surface area contributed by atoms with Crippen molar-refractivity contribution >= 4 is 11.9 Å². The molecule has 0 spiro atoms. The molecular formula is C20H32N4O3. The van der Waals surface area contributed by atoms with Crippen LogP contribution in [-0.4, -0.2) is 72.5 Å². The molecule has 1 atom stereocenters. The van der Waals surface area contributed by atoms with Crippen LogP contribution >= 0.6 is 0 Å².